The molecule has 0 spiro atoms. The van der Waals surface area contributed by atoms with Crippen LogP contribution in [0.1, 0.15) is 34.1 Å². The third-order valence-corrected chi connectivity index (χ3v) is 3.00. The number of rotatable bonds is 6. The summed E-state index contributed by atoms with van der Waals surface area (Å²) in [6.07, 6.45) is 0.859. The van der Waals surface area contributed by atoms with Crippen LogP contribution in [0.15, 0.2) is 18.2 Å². The number of carbonyl (C=O) groups is 2. The van der Waals surface area contributed by atoms with Gasteiger partial charge in [0.15, 0.2) is 0 Å². The highest BCUT2D eigenvalue weighted by atomic mass is 35.5. The molecule has 0 atom stereocenters. The summed E-state index contributed by atoms with van der Waals surface area (Å²) in [7, 11) is 0. The molecule has 122 valence electrons. The first-order valence-electron chi connectivity index (χ1n) is 7.24. The first kappa shape index (κ1) is 18.3. The molecule has 0 radical (unpaired) electrons. The van der Waals surface area contributed by atoms with Crippen molar-refractivity contribution < 1.29 is 14.3 Å². The number of halogens is 1. The van der Waals surface area contributed by atoms with Crippen LogP contribution in [0.3, 0.4) is 0 Å². The lowest BCUT2D eigenvalue weighted by atomic mass is 9.96. The van der Waals surface area contributed by atoms with Gasteiger partial charge in [0, 0.05) is 10.4 Å². The lowest BCUT2D eigenvalue weighted by Gasteiger charge is -2.18. The second-order valence-electron chi connectivity index (χ2n) is 5.97. The van der Waals surface area contributed by atoms with Gasteiger partial charge in [-0.25, -0.2) is 0 Å². The van der Waals surface area contributed by atoms with Crippen molar-refractivity contribution in [1.82, 2.24) is 5.32 Å². The van der Waals surface area contributed by atoms with E-state index < -0.39 is 5.41 Å². The molecular weight excluding hydrogens is 304 g/mol. The minimum Gasteiger partial charge on any atom is -0.491 e. The molecule has 1 rings (SSSR count). The number of ether oxygens (including phenoxy) is 1. The lowest BCUT2D eigenvalue weighted by Crippen LogP contribution is -2.39. The summed E-state index contributed by atoms with van der Waals surface area (Å²) in [6.45, 7) is 7.80. The number of hydrogen-bond donors (Lipinski definition) is 2. The second kappa shape index (κ2) is 8.03. The molecule has 0 aromatic heterocycles. The molecule has 0 bridgehead atoms. The maximum absolute atomic E-state index is 12.0. The largest absolute Gasteiger partial charge is 0.491 e. The van der Waals surface area contributed by atoms with E-state index in [4.69, 9.17) is 16.3 Å². The Morgan fingerprint density at radius 2 is 1.95 bits per heavy atom. The maximum Gasteiger partial charge on any atom is 0.243 e. The summed E-state index contributed by atoms with van der Waals surface area (Å²) in [5, 5.41) is 5.80. The molecule has 22 heavy (non-hydrogen) atoms. The van der Waals surface area contributed by atoms with Crippen LogP contribution >= 0.6 is 11.6 Å². The summed E-state index contributed by atoms with van der Waals surface area (Å²) in [6, 6.07) is 5.03. The van der Waals surface area contributed by atoms with E-state index >= 15 is 0 Å². The Balaban J connectivity index is 2.67. The lowest BCUT2D eigenvalue weighted by molar-refractivity contribution is -0.130. The zero-order valence-corrected chi connectivity index (χ0v) is 14.2. The molecule has 0 saturated heterocycles. The molecule has 5 nitrogen and oxygen atoms in total. The zero-order chi connectivity index (χ0) is 16.8. The van der Waals surface area contributed by atoms with Crippen LogP contribution < -0.4 is 15.4 Å². The van der Waals surface area contributed by atoms with Crippen molar-refractivity contribution in [2.24, 2.45) is 5.41 Å². The van der Waals surface area contributed by atoms with Crippen LogP contribution in [-0.4, -0.2) is 25.0 Å². The van der Waals surface area contributed by atoms with Crippen molar-refractivity contribution in [3.63, 3.8) is 0 Å². The van der Waals surface area contributed by atoms with Crippen LogP contribution in [0.2, 0.25) is 5.02 Å². The second-order valence-corrected chi connectivity index (χ2v) is 6.41. The number of anilines is 1. The van der Waals surface area contributed by atoms with E-state index in [2.05, 4.69) is 10.6 Å². The highest BCUT2D eigenvalue weighted by molar-refractivity contribution is 6.31. The van der Waals surface area contributed by atoms with Crippen LogP contribution in [0.25, 0.3) is 0 Å². The summed E-state index contributed by atoms with van der Waals surface area (Å²) in [5.74, 6) is 0.0409. The molecule has 0 aliphatic rings. The molecule has 0 fully saturated rings. The van der Waals surface area contributed by atoms with Crippen molar-refractivity contribution in [2.75, 3.05) is 18.5 Å². The van der Waals surface area contributed by atoms with Crippen LogP contribution in [-0.2, 0) is 9.59 Å². The Labute approximate surface area is 136 Å². The van der Waals surface area contributed by atoms with Crippen molar-refractivity contribution in [2.45, 2.75) is 34.1 Å². The van der Waals surface area contributed by atoms with Gasteiger partial charge in [0.2, 0.25) is 11.8 Å². The third-order valence-electron chi connectivity index (χ3n) is 2.77. The summed E-state index contributed by atoms with van der Waals surface area (Å²) < 4.78 is 5.56. The van der Waals surface area contributed by atoms with E-state index in [0.29, 0.717) is 23.1 Å². The standard InChI is InChI=1S/C16H23ClN2O3/c1-5-8-22-13-7-6-11(17)9-12(13)19-14(20)10-18-15(21)16(2,3)4/h6-7,9H,5,8,10H2,1-4H3,(H,18,21)(H,19,20). The van der Waals surface area contributed by atoms with Crippen LogP contribution in [0.5, 0.6) is 5.75 Å². The minimum absolute atomic E-state index is 0.101. The fraction of sp³-hybridized carbons (Fsp3) is 0.500. The molecular formula is C16H23ClN2O3. The molecule has 0 heterocycles. The average Bonchev–Trinajstić information content (AvgIpc) is 2.43. The predicted octanol–water partition coefficient (Wildman–Crippen LogP) is 3.23. The van der Waals surface area contributed by atoms with E-state index in [1.807, 2.05) is 6.92 Å². The Morgan fingerprint density at radius 1 is 1.27 bits per heavy atom. The first-order chi connectivity index (χ1) is 10.2. The molecule has 0 aliphatic carbocycles. The Bertz CT molecular complexity index is 539. The monoisotopic (exact) mass is 326 g/mol. The van der Waals surface area contributed by atoms with Gasteiger partial charge in [-0.15, -0.1) is 0 Å². The van der Waals surface area contributed by atoms with Gasteiger partial charge in [0.25, 0.3) is 0 Å². The fourth-order valence-corrected chi connectivity index (χ4v) is 1.73. The zero-order valence-electron chi connectivity index (χ0n) is 13.5. The van der Waals surface area contributed by atoms with Gasteiger partial charge in [0.05, 0.1) is 18.8 Å². The van der Waals surface area contributed by atoms with E-state index in [0.717, 1.165) is 6.42 Å². The quantitative estimate of drug-likeness (QED) is 0.843. The van der Waals surface area contributed by atoms with Crippen LogP contribution in [0, 0.1) is 5.41 Å². The van der Waals surface area contributed by atoms with Gasteiger partial charge in [-0.3, -0.25) is 9.59 Å². The molecule has 1 aromatic rings. The fourth-order valence-electron chi connectivity index (χ4n) is 1.56. The van der Waals surface area contributed by atoms with Crippen molar-refractivity contribution in [3.8, 4) is 5.75 Å². The van der Waals surface area contributed by atoms with E-state index in [9.17, 15) is 9.59 Å². The van der Waals surface area contributed by atoms with Crippen molar-refractivity contribution in [1.29, 1.82) is 0 Å². The number of benzene rings is 1. The summed E-state index contributed by atoms with van der Waals surface area (Å²) in [4.78, 5) is 23.7. The minimum atomic E-state index is -0.536. The number of carbonyl (C=O) groups excluding carboxylic acids is 2. The van der Waals surface area contributed by atoms with Gasteiger partial charge < -0.3 is 15.4 Å². The maximum atomic E-state index is 12.0. The van der Waals surface area contributed by atoms with E-state index in [1.165, 1.54) is 0 Å². The van der Waals surface area contributed by atoms with Crippen molar-refractivity contribution in [3.05, 3.63) is 23.2 Å². The molecule has 2 amide bonds. The Kier molecular flexibility index (Phi) is 6.68. The topological polar surface area (TPSA) is 67.4 Å². The van der Waals surface area contributed by atoms with Gasteiger partial charge >= 0.3 is 0 Å². The smallest absolute Gasteiger partial charge is 0.243 e. The van der Waals surface area contributed by atoms with Crippen molar-refractivity contribution >= 4 is 29.1 Å². The summed E-state index contributed by atoms with van der Waals surface area (Å²) >= 11 is 5.95. The molecule has 0 saturated carbocycles. The van der Waals surface area contributed by atoms with Gasteiger partial charge in [-0.05, 0) is 24.6 Å². The molecule has 2 N–H and O–H groups in total. The van der Waals surface area contributed by atoms with Gasteiger partial charge in [-0.2, -0.15) is 0 Å². The number of amides is 2. The van der Waals surface area contributed by atoms with E-state index in [-0.39, 0.29) is 18.4 Å². The van der Waals surface area contributed by atoms with Gasteiger partial charge in [0.1, 0.15) is 5.75 Å². The molecule has 0 unspecified atom stereocenters. The Morgan fingerprint density at radius 3 is 2.55 bits per heavy atom. The SMILES string of the molecule is CCCOc1ccc(Cl)cc1NC(=O)CNC(=O)C(C)(C)C. The molecule has 6 heteroatoms. The van der Waals surface area contributed by atoms with Gasteiger partial charge in [-0.1, -0.05) is 39.3 Å². The average molecular weight is 327 g/mol. The third kappa shape index (κ3) is 5.93. The molecule has 1 aromatic carbocycles. The number of hydrogen-bond acceptors (Lipinski definition) is 3. The predicted molar refractivity (Wildman–Crippen MR) is 88.3 cm³/mol. The van der Waals surface area contributed by atoms with E-state index in [1.54, 1.807) is 39.0 Å². The number of nitrogens with one attached hydrogen (secondary N) is 2. The Hall–Kier alpha value is -1.75. The van der Waals surface area contributed by atoms with Crippen LogP contribution in [0.4, 0.5) is 5.69 Å². The summed E-state index contributed by atoms with van der Waals surface area (Å²) in [5.41, 5.74) is -0.0397. The normalized spacial score (nSPS) is 11.0. The highest BCUT2D eigenvalue weighted by Crippen LogP contribution is 2.28. The molecule has 0 aliphatic heterocycles. The first-order valence-corrected chi connectivity index (χ1v) is 7.62. The highest BCUT2D eigenvalue weighted by Gasteiger charge is 2.21.